The quantitative estimate of drug-likeness (QED) is 0.641. The van der Waals surface area contributed by atoms with Crippen LogP contribution in [-0.4, -0.2) is 25.7 Å². The number of nitrogens with two attached hydrogens (primary N) is 1. The van der Waals surface area contributed by atoms with Crippen molar-refractivity contribution in [2.45, 2.75) is 6.92 Å². The number of nitrogen functional groups attached to an aromatic ring is 1. The van der Waals surface area contributed by atoms with E-state index in [-0.39, 0.29) is 5.91 Å². The van der Waals surface area contributed by atoms with E-state index in [4.69, 9.17) is 10.5 Å². The number of hydrogen-bond donors (Lipinski definition) is 2. The Morgan fingerprint density at radius 3 is 3.00 bits per heavy atom. The van der Waals surface area contributed by atoms with Gasteiger partial charge in [-0.1, -0.05) is 0 Å². The molecule has 0 bridgehead atoms. The van der Waals surface area contributed by atoms with Gasteiger partial charge in [-0.3, -0.25) is 4.79 Å². The Hall–Kier alpha value is -1.07. The number of amides is 1. The molecule has 0 unspecified atom stereocenters. The predicted octanol–water partition coefficient (Wildman–Crippen LogP) is 1.80. The fourth-order valence-electron chi connectivity index (χ4n) is 1.19. The standard InChI is InChI=1S/C11H15BrN2O2/c1-2-16-6-5-14-11(15)9-7-8(13)3-4-10(9)12/h3-4,7H,2,5-6,13H2,1H3,(H,14,15). The van der Waals surface area contributed by atoms with Crippen molar-refractivity contribution in [3.05, 3.63) is 28.2 Å². The van der Waals surface area contributed by atoms with Crippen LogP contribution in [0.2, 0.25) is 0 Å². The number of nitrogens with one attached hydrogen (secondary N) is 1. The monoisotopic (exact) mass is 286 g/mol. The molecule has 0 saturated heterocycles. The first-order valence-electron chi connectivity index (χ1n) is 5.06. The van der Waals surface area contributed by atoms with E-state index in [9.17, 15) is 4.79 Å². The van der Waals surface area contributed by atoms with E-state index in [2.05, 4.69) is 21.2 Å². The molecule has 3 N–H and O–H groups in total. The Balaban J connectivity index is 2.55. The zero-order valence-corrected chi connectivity index (χ0v) is 10.7. The van der Waals surface area contributed by atoms with Crippen LogP contribution in [0.1, 0.15) is 17.3 Å². The third-order valence-electron chi connectivity index (χ3n) is 1.97. The Kier molecular flexibility index (Phi) is 5.28. The first-order valence-corrected chi connectivity index (χ1v) is 5.85. The van der Waals surface area contributed by atoms with Crippen molar-refractivity contribution in [3.8, 4) is 0 Å². The summed E-state index contributed by atoms with van der Waals surface area (Å²) < 4.78 is 5.85. The second-order valence-corrected chi connectivity index (χ2v) is 4.05. The van der Waals surface area contributed by atoms with E-state index < -0.39 is 0 Å². The highest BCUT2D eigenvalue weighted by atomic mass is 79.9. The molecule has 5 heteroatoms. The number of rotatable bonds is 5. The van der Waals surface area contributed by atoms with Crippen LogP contribution in [0.15, 0.2) is 22.7 Å². The lowest BCUT2D eigenvalue weighted by atomic mass is 10.2. The van der Waals surface area contributed by atoms with Crippen molar-refractivity contribution >= 4 is 27.5 Å². The van der Waals surface area contributed by atoms with Gasteiger partial charge in [-0.25, -0.2) is 0 Å². The van der Waals surface area contributed by atoms with Gasteiger partial charge in [-0.05, 0) is 41.1 Å². The van der Waals surface area contributed by atoms with Crippen LogP contribution >= 0.6 is 15.9 Å². The summed E-state index contributed by atoms with van der Waals surface area (Å²) in [5.74, 6) is -0.154. The molecule has 0 aliphatic carbocycles. The van der Waals surface area contributed by atoms with Crippen LogP contribution in [0.3, 0.4) is 0 Å². The molecule has 0 radical (unpaired) electrons. The van der Waals surface area contributed by atoms with Crippen LogP contribution < -0.4 is 11.1 Å². The first kappa shape index (κ1) is 13.0. The highest BCUT2D eigenvalue weighted by molar-refractivity contribution is 9.10. The van der Waals surface area contributed by atoms with E-state index in [1.807, 2.05) is 6.92 Å². The maximum atomic E-state index is 11.7. The number of benzene rings is 1. The minimum Gasteiger partial charge on any atom is -0.399 e. The largest absolute Gasteiger partial charge is 0.399 e. The fourth-order valence-corrected chi connectivity index (χ4v) is 1.62. The summed E-state index contributed by atoms with van der Waals surface area (Å²) in [7, 11) is 0. The lowest BCUT2D eigenvalue weighted by Gasteiger charge is -2.07. The van der Waals surface area contributed by atoms with Gasteiger partial charge in [-0.15, -0.1) is 0 Å². The van der Waals surface area contributed by atoms with Crippen molar-refractivity contribution in [2.24, 2.45) is 0 Å². The number of ether oxygens (including phenoxy) is 1. The maximum Gasteiger partial charge on any atom is 0.252 e. The van der Waals surface area contributed by atoms with Gasteiger partial charge in [0.2, 0.25) is 0 Å². The summed E-state index contributed by atoms with van der Waals surface area (Å²) in [6, 6.07) is 5.13. The van der Waals surface area contributed by atoms with Crippen LogP contribution in [0.5, 0.6) is 0 Å². The van der Waals surface area contributed by atoms with Crippen LogP contribution in [0.4, 0.5) is 5.69 Å². The molecule has 0 heterocycles. The first-order chi connectivity index (χ1) is 7.65. The van der Waals surface area contributed by atoms with Crippen molar-refractivity contribution < 1.29 is 9.53 Å². The third-order valence-corrected chi connectivity index (χ3v) is 2.66. The second-order valence-electron chi connectivity index (χ2n) is 3.19. The van der Waals surface area contributed by atoms with Gasteiger partial charge >= 0.3 is 0 Å². The van der Waals surface area contributed by atoms with Crippen molar-refractivity contribution in [3.63, 3.8) is 0 Å². The third kappa shape index (κ3) is 3.83. The van der Waals surface area contributed by atoms with Gasteiger partial charge in [0, 0.05) is 23.3 Å². The molecule has 1 aromatic carbocycles. The number of hydrogen-bond acceptors (Lipinski definition) is 3. The summed E-state index contributed by atoms with van der Waals surface area (Å²) in [6.07, 6.45) is 0. The molecule has 88 valence electrons. The van der Waals surface area contributed by atoms with Crippen LogP contribution in [-0.2, 0) is 4.74 Å². The topological polar surface area (TPSA) is 64.3 Å². The summed E-state index contributed by atoms with van der Waals surface area (Å²) in [4.78, 5) is 11.7. The van der Waals surface area contributed by atoms with Gasteiger partial charge in [0.25, 0.3) is 5.91 Å². The number of anilines is 1. The average Bonchev–Trinajstić information content (AvgIpc) is 2.27. The lowest BCUT2D eigenvalue weighted by molar-refractivity contribution is 0.0922. The zero-order valence-electron chi connectivity index (χ0n) is 9.13. The fraction of sp³-hybridized carbons (Fsp3) is 0.364. The van der Waals surface area contributed by atoms with Gasteiger partial charge in [0.15, 0.2) is 0 Å². The molecule has 0 aromatic heterocycles. The smallest absolute Gasteiger partial charge is 0.252 e. The second kappa shape index (κ2) is 6.50. The Labute approximate surface area is 103 Å². The number of carbonyl (C=O) groups is 1. The Bertz CT molecular complexity index is 369. The molecule has 0 aliphatic rings. The SMILES string of the molecule is CCOCCNC(=O)c1cc(N)ccc1Br. The molecule has 0 atom stereocenters. The van der Waals surface area contributed by atoms with Crippen LogP contribution in [0, 0.1) is 0 Å². The molecule has 16 heavy (non-hydrogen) atoms. The summed E-state index contributed by atoms with van der Waals surface area (Å²) in [5, 5.41) is 2.75. The summed E-state index contributed by atoms with van der Waals surface area (Å²) in [6.45, 7) is 3.57. The highest BCUT2D eigenvalue weighted by Gasteiger charge is 2.09. The minimum absolute atomic E-state index is 0.154. The minimum atomic E-state index is -0.154. The van der Waals surface area contributed by atoms with Gasteiger partial charge < -0.3 is 15.8 Å². The van der Waals surface area contributed by atoms with Gasteiger partial charge in [0.05, 0.1) is 12.2 Å². The molecule has 0 saturated carbocycles. The average molecular weight is 287 g/mol. The van der Waals surface area contributed by atoms with Crippen molar-refractivity contribution in [2.75, 3.05) is 25.5 Å². The molecular weight excluding hydrogens is 272 g/mol. The number of carbonyl (C=O) groups excluding carboxylic acids is 1. The molecule has 1 amide bonds. The predicted molar refractivity (Wildman–Crippen MR) is 67.4 cm³/mol. The van der Waals surface area contributed by atoms with Crippen molar-refractivity contribution in [1.29, 1.82) is 0 Å². The van der Waals surface area contributed by atoms with E-state index in [1.54, 1.807) is 18.2 Å². The lowest BCUT2D eigenvalue weighted by Crippen LogP contribution is -2.27. The van der Waals surface area contributed by atoms with Gasteiger partial charge in [-0.2, -0.15) is 0 Å². The summed E-state index contributed by atoms with van der Waals surface area (Å²) >= 11 is 3.31. The molecule has 1 aromatic rings. The maximum absolute atomic E-state index is 11.7. The zero-order chi connectivity index (χ0) is 12.0. The van der Waals surface area contributed by atoms with Crippen molar-refractivity contribution in [1.82, 2.24) is 5.32 Å². The van der Waals surface area contributed by atoms with Gasteiger partial charge in [0.1, 0.15) is 0 Å². The molecule has 0 spiro atoms. The van der Waals surface area contributed by atoms with E-state index in [0.29, 0.717) is 31.0 Å². The van der Waals surface area contributed by atoms with E-state index >= 15 is 0 Å². The molecule has 1 rings (SSSR count). The van der Waals surface area contributed by atoms with Crippen LogP contribution in [0.25, 0.3) is 0 Å². The van der Waals surface area contributed by atoms with E-state index in [1.165, 1.54) is 0 Å². The highest BCUT2D eigenvalue weighted by Crippen LogP contribution is 2.19. The molecule has 0 aliphatic heterocycles. The molecular formula is C11H15BrN2O2. The number of halogens is 1. The Morgan fingerprint density at radius 2 is 2.31 bits per heavy atom. The summed E-state index contributed by atoms with van der Waals surface area (Å²) in [5.41, 5.74) is 6.72. The molecule has 4 nitrogen and oxygen atoms in total. The molecule has 0 fully saturated rings. The van der Waals surface area contributed by atoms with E-state index in [0.717, 1.165) is 4.47 Å². The Morgan fingerprint density at radius 1 is 1.56 bits per heavy atom. The normalized spacial score (nSPS) is 10.1.